The van der Waals surface area contributed by atoms with Crippen LogP contribution in [-0.4, -0.2) is 23.9 Å². The predicted octanol–water partition coefficient (Wildman–Crippen LogP) is 2.80. The summed E-state index contributed by atoms with van der Waals surface area (Å²) in [6.07, 6.45) is 4.26. The Morgan fingerprint density at radius 3 is 2.70 bits per heavy atom. The highest BCUT2D eigenvalue weighted by Crippen LogP contribution is 2.32. The van der Waals surface area contributed by atoms with Crippen LogP contribution in [0.4, 0.5) is 0 Å². The molecule has 3 heteroatoms. The molecular formula is C17H26N2O. The summed E-state index contributed by atoms with van der Waals surface area (Å²) in [5.74, 6) is 0.844. The number of hydrogen-bond acceptors (Lipinski definition) is 2. The van der Waals surface area contributed by atoms with Gasteiger partial charge in [-0.05, 0) is 37.3 Å². The van der Waals surface area contributed by atoms with Crippen LogP contribution in [0.1, 0.15) is 38.2 Å². The summed E-state index contributed by atoms with van der Waals surface area (Å²) in [7, 11) is 0. The average molecular weight is 274 g/mol. The number of hydrogen-bond donors (Lipinski definition) is 1. The molecule has 0 bridgehead atoms. The van der Waals surface area contributed by atoms with Crippen molar-refractivity contribution in [1.82, 2.24) is 4.90 Å². The molecule has 1 aliphatic carbocycles. The van der Waals surface area contributed by atoms with Crippen molar-refractivity contribution in [3.05, 3.63) is 35.9 Å². The SMILES string of the molecule is CCCN(Cc1ccccc1)C(=O)C1CCCC1CN. The Kier molecular flexibility index (Phi) is 5.60. The van der Waals surface area contributed by atoms with E-state index in [2.05, 4.69) is 19.1 Å². The van der Waals surface area contributed by atoms with E-state index in [9.17, 15) is 4.79 Å². The summed E-state index contributed by atoms with van der Waals surface area (Å²) in [5.41, 5.74) is 7.02. The number of nitrogens with two attached hydrogens (primary N) is 1. The molecule has 2 atom stereocenters. The van der Waals surface area contributed by atoms with Crippen molar-refractivity contribution in [1.29, 1.82) is 0 Å². The van der Waals surface area contributed by atoms with Crippen LogP contribution in [0.3, 0.4) is 0 Å². The van der Waals surface area contributed by atoms with E-state index in [0.717, 1.165) is 38.8 Å². The van der Waals surface area contributed by atoms with Crippen LogP contribution in [0.25, 0.3) is 0 Å². The average Bonchev–Trinajstić information content (AvgIpc) is 2.95. The fraction of sp³-hybridized carbons (Fsp3) is 0.588. The molecule has 0 saturated heterocycles. The van der Waals surface area contributed by atoms with Gasteiger partial charge in [0.2, 0.25) is 5.91 Å². The quantitative estimate of drug-likeness (QED) is 0.867. The van der Waals surface area contributed by atoms with Gasteiger partial charge in [-0.2, -0.15) is 0 Å². The molecule has 1 aromatic carbocycles. The maximum Gasteiger partial charge on any atom is 0.226 e. The summed E-state index contributed by atoms with van der Waals surface area (Å²) in [4.78, 5) is 14.8. The second-order valence-electron chi connectivity index (χ2n) is 5.78. The van der Waals surface area contributed by atoms with Crippen molar-refractivity contribution in [3.63, 3.8) is 0 Å². The summed E-state index contributed by atoms with van der Waals surface area (Å²) < 4.78 is 0. The smallest absolute Gasteiger partial charge is 0.226 e. The predicted molar refractivity (Wildman–Crippen MR) is 82.0 cm³/mol. The maximum atomic E-state index is 12.8. The fourth-order valence-electron chi connectivity index (χ4n) is 3.22. The van der Waals surface area contributed by atoms with Crippen LogP contribution < -0.4 is 5.73 Å². The lowest BCUT2D eigenvalue weighted by atomic mass is 9.94. The maximum absolute atomic E-state index is 12.8. The van der Waals surface area contributed by atoms with E-state index in [0.29, 0.717) is 18.4 Å². The van der Waals surface area contributed by atoms with Gasteiger partial charge in [-0.3, -0.25) is 4.79 Å². The number of benzene rings is 1. The molecule has 20 heavy (non-hydrogen) atoms. The molecule has 2 unspecified atom stereocenters. The molecule has 2 N–H and O–H groups in total. The van der Waals surface area contributed by atoms with Crippen LogP contribution in [-0.2, 0) is 11.3 Å². The van der Waals surface area contributed by atoms with Gasteiger partial charge < -0.3 is 10.6 Å². The molecule has 1 fully saturated rings. The van der Waals surface area contributed by atoms with Gasteiger partial charge in [0.05, 0.1) is 0 Å². The minimum Gasteiger partial charge on any atom is -0.338 e. The third-order valence-corrected chi connectivity index (χ3v) is 4.30. The molecule has 0 aliphatic heterocycles. The highest BCUT2D eigenvalue weighted by atomic mass is 16.2. The van der Waals surface area contributed by atoms with Gasteiger partial charge in [0.15, 0.2) is 0 Å². The third kappa shape index (κ3) is 3.60. The number of carbonyl (C=O) groups is 1. The highest BCUT2D eigenvalue weighted by Gasteiger charge is 2.34. The van der Waals surface area contributed by atoms with E-state index >= 15 is 0 Å². The van der Waals surface area contributed by atoms with Crippen molar-refractivity contribution in [2.75, 3.05) is 13.1 Å². The first-order chi connectivity index (χ1) is 9.76. The van der Waals surface area contributed by atoms with Crippen LogP contribution in [0, 0.1) is 11.8 Å². The number of carbonyl (C=O) groups excluding carboxylic acids is 1. The summed E-state index contributed by atoms with van der Waals surface area (Å²) in [6, 6.07) is 10.2. The first-order valence-electron chi connectivity index (χ1n) is 7.79. The molecule has 3 nitrogen and oxygen atoms in total. The molecule has 1 aliphatic rings. The molecule has 0 spiro atoms. The van der Waals surface area contributed by atoms with Crippen LogP contribution >= 0.6 is 0 Å². The van der Waals surface area contributed by atoms with E-state index < -0.39 is 0 Å². The first kappa shape index (κ1) is 15.0. The highest BCUT2D eigenvalue weighted by molar-refractivity contribution is 5.79. The van der Waals surface area contributed by atoms with Crippen molar-refractivity contribution in [2.45, 2.75) is 39.2 Å². The monoisotopic (exact) mass is 274 g/mol. The van der Waals surface area contributed by atoms with Crippen LogP contribution in [0.5, 0.6) is 0 Å². The molecule has 110 valence electrons. The Morgan fingerprint density at radius 2 is 2.05 bits per heavy atom. The lowest BCUT2D eigenvalue weighted by Crippen LogP contribution is -2.39. The molecule has 0 radical (unpaired) electrons. The van der Waals surface area contributed by atoms with E-state index in [1.54, 1.807) is 0 Å². The number of amides is 1. The second kappa shape index (κ2) is 7.44. The van der Waals surface area contributed by atoms with Crippen LogP contribution in [0.15, 0.2) is 30.3 Å². The Morgan fingerprint density at radius 1 is 1.30 bits per heavy atom. The molecule has 1 aromatic rings. The lowest BCUT2D eigenvalue weighted by Gasteiger charge is -2.28. The van der Waals surface area contributed by atoms with E-state index in [1.807, 2.05) is 23.1 Å². The van der Waals surface area contributed by atoms with Gasteiger partial charge in [0.1, 0.15) is 0 Å². The molecule has 2 rings (SSSR count). The Balaban J connectivity index is 2.05. The summed E-state index contributed by atoms with van der Waals surface area (Å²) >= 11 is 0. The lowest BCUT2D eigenvalue weighted by molar-refractivity contribution is -0.137. The molecule has 0 aromatic heterocycles. The molecular weight excluding hydrogens is 248 g/mol. The van der Waals surface area contributed by atoms with Gasteiger partial charge in [-0.25, -0.2) is 0 Å². The zero-order valence-electron chi connectivity index (χ0n) is 12.4. The minimum absolute atomic E-state index is 0.148. The normalized spacial score (nSPS) is 21.9. The molecule has 1 saturated carbocycles. The van der Waals surface area contributed by atoms with Gasteiger partial charge in [-0.15, -0.1) is 0 Å². The van der Waals surface area contributed by atoms with Crippen molar-refractivity contribution < 1.29 is 4.79 Å². The topological polar surface area (TPSA) is 46.3 Å². The second-order valence-corrected chi connectivity index (χ2v) is 5.78. The Bertz CT molecular complexity index is 418. The van der Waals surface area contributed by atoms with Crippen molar-refractivity contribution in [2.24, 2.45) is 17.6 Å². The molecule has 1 amide bonds. The van der Waals surface area contributed by atoms with E-state index in [1.165, 1.54) is 5.56 Å². The summed E-state index contributed by atoms with van der Waals surface area (Å²) in [6.45, 7) is 4.32. The van der Waals surface area contributed by atoms with Crippen molar-refractivity contribution >= 4 is 5.91 Å². The van der Waals surface area contributed by atoms with E-state index in [-0.39, 0.29) is 5.92 Å². The summed E-state index contributed by atoms with van der Waals surface area (Å²) in [5, 5.41) is 0. The Labute approximate surface area is 122 Å². The van der Waals surface area contributed by atoms with Gasteiger partial charge >= 0.3 is 0 Å². The van der Waals surface area contributed by atoms with Crippen LogP contribution in [0.2, 0.25) is 0 Å². The standard InChI is InChI=1S/C17H26N2O/c1-2-11-19(13-14-7-4-3-5-8-14)17(20)16-10-6-9-15(16)12-18/h3-5,7-8,15-16H,2,6,9-13,18H2,1H3. The number of nitrogens with zero attached hydrogens (tertiary/aromatic N) is 1. The molecule has 0 heterocycles. The minimum atomic E-state index is 0.148. The van der Waals surface area contributed by atoms with Gasteiger partial charge in [0.25, 0.3) is 0 Å². The fourth-order valence-corrected chi connectivity index (χ4v) is 3.22. The first-order valence-corrected chi connectivity index (χ1v) is 7.79. The third-order valence-electron chi connectivity index (χ3n) is 4.30. The van der Waals surface area contributed by atoms with E-state index in [4.69, 9.17) is 5.73 Å². The zero-order chi connectivity index (χ0) is 14.4. The zero-order valence-corrected chi connectivity index (χ0v) is 12.4. The Hall–Kier alpha value is -1.35. The number of rotatable bonds is 6. The van der Waals surface area contributed by atoms with Gasteiger partial charge in [0, 0.05) is 19.0 Å². The van der Waals surface area contributed by atoms with Crippen molar-refractivity contribution in [3.8, 4) is 0 Å². The van der Waals surface area contributed by atoms with Gasteiger partial charge in [-0.1, -0.05) is 43.7 Å². The largest absolute Gasteiger partial charge is 0.338 e.